The predicted molar refractivity (Wildman–Crippen MR) is 82.4 cm³/mol. The second-order valence-corrected chi connectivity index (χ2v) is 4.65. The van der Waals surface area contributed by atoms with Crippen LogP contribution in [0.25, 0.3) is 10.9 Å². The Kier molecular flexibility index (Phi) is 5.18. The van der Waals surface area contributed by atoms with Gasteiger partial charge < -0.3 is 14.8 Å². The zero-order valence-corrected chi connectivity index (χ0v) is 12.4. The summed E-state index contributed by atoms with van der Waals surface area (Å²) in [4.78, 5) is 4.61. The van der Waals surface area contributed by atoms with Gasteiger partial charge in [0.15, 0.2) is 0 Å². The van der Waals surface area contributed by atoms with Crippen molar-refractivity contribution in [3.05, 3.63) is 30.0 Å². The highest BCUT2D eigenvalue weighted by atomic mass is 16.5. The van der Waals surface area contributed by atoms with Gasteiger partial charge in [0.1, 0.15) is 5.75 Å². The maximum Gasteiger partial charge on any atom is 0.120 e. The number of nitrogens with zero attached hydrogens (tertiary/aromatic N) is 1. The van der Waals surface area contributed by atoms with Crippen LogP contribution in [0.15, 0.2) is 24.3 Å². The number of aromatic nitrogens is 1. The van der Waals surface area contributed by atoms with Crippen LogP contribution in [-0.4, -0.2) is 25.2 Å². The minimum absolute atomic E-state index is 0.516. The lowest BCUT2D eigenvalue weighted by Gasteiger charge is -2.12. The normalized spacial score (nSPS) is 10.8. The van der Waals surface area contributed by atoms with Gasteiger partial charge >= 0.3 is 0 Å². The molecule has 0 fully saturated rings. The third-order valence-electron chi connectivity index (χ3n) is 2.97. The molecule has 0 aliphatic heterocycles. The Morgan fingerprint density at radius 3 is 2.75 bits per heavy atom. The van der Waals surface area contributed by atoms with E-state index in [2.05, 4.69) is 24.1 Å². The summed E-state index contributed by atoms with van der Waals surface area (Å²) < 4.78 is 10.9. The van der Waals surface area contributed by atoms with Crippen molar-refractivity contribution >= 4 is 16.6 Å². The molecule has 0 saturated heterocycles. The second kappa shape index (κ2) is 7.10. The van der Waals surface area contributed by atoms with E-state index in [1.165, 1.54) is 0 Å². The monoisotopic (exact) mass is 274 g/mol. The van der Waals surface area contributed by atoms with Crippen LogP contribution < -0.4 is 10.1 Å². The molecule has 1 heterocycles. The van der Waals surface area contributed by atoms with E-state index in [0.29, 0.717) is 6.61 Å². The summed E-state index contributed by atoms with van der Waals surface area (Å²) >= 11 is 0. The van der Waals surface area contributed by atoms with E-state index >= 15 is 0 Å². The van der Waals surface area contributed by atoms with Crippen molar-refractivity contribution < 1.29 is 9.47 Å². The Hall–Kier alpha value is -1.81. The molecule has 108 valence electrons. The van der Waals surface area contributed by atoms with Crippen LogP contribution >= 0.6 is 0 Å². The Labute approximate surface area is 120 Å². The standard InChI is InChI=1S/C16H22N2O2/c1-4-8-20-13-6-7-15-14(10-13)16(17-5-2)9-12(18-15)11-19-3/h6-7,9-10H,4-5,8,11H2,1-3H3,(H,17,18). The van der Waals surface area contributed by atoms with Crippen LogP contribution in [0.1, 0.15) is 26.0 Å². The van der Waals surface area contributed by atoms with Crippen molar-refractivity contribution in [1.82, 2.24) is 4.98 Å². The van der Waals surface area contributed by atoms with Crippen LogP contribution in [-0.2, 0) is 11.3 Å². The lowest BCUT2D eigenvalue weighted by molar-refractivity contribution is 0.182. The zero-order valence-electron chi connectivity index (χ0n) is 12.4. The van der Waals surface area contributed by atoms with E-state index in [9.17, 15) is 0 Å². The Morgan fingerprint density at radius 2 is 2.05 bits per heavy atom. The second-order valence-electron chi connectivity index (χ2n) is 4.65. The predicted octanol–water partition coefficient (Wildman–Crippen LogP) is 3.60. The molecular formula is C16H22N2O2. The minimum atomic E-state index is 0.516. The average Bonchev–Trinajstić information content (AvgIpc) is 2.46. The molecule has 1 N–H and O–H groups in total. The summed E-state index contributed by atoms with van der Waals surface area (Å²) in [6.07, 6.45) is 1.00. The molecule has 0 bridgehead atoms. The zero-order chi connectivity index (χ0) is 14.4. The molecule has 0 atom stereocenters. The summed E-state index contributed by atoms with van der Waals surface area (Å²) in [5, 5.41) is 4.47. The van der Waals surface area contributed by atoms with Gasteiger partial charge in [-0.05, 0) is 37.6 Å². The molecule has 0 aliphatic carbocycles. The van der Waals surface area contributed by atoms with Gasteiger partial charge in [-0.1, -0.05) is 6.92 Å². The maximum absolute atomic E-state index is 5.69. The number of anilines is 1. The number of rotatable bonds is 7. The molecule has 0 amide bonds. The van der Waals surface area contributed by atoms with Crippen molar-refractivity contribution in [2.24, 2.45) is 0 Å². The number of ether oxygens (including phenoxy) is 2. The van der Waals surface area contributed by atoms with Gasteiger partial charge in [0.05, 0.1) is 24.4 Å². The fourth-order valence-corrected chi connectivity index (χ4v) is 2.13. The number of pyridine rings is 1. The molecule has 2 aromatic rings. The van der Waals surface area contributed by atoms with E-state index in [-0.39, 0.29) is 0 Å². The highest BCUT2D eigenvalue weighted by Crippen LogP contribution is 2.27. The first-order valence-electron chi connectivity index (χ1n) is 7.07. The van der Waals surface area contributed by atoms with Crippen LogP contribution in [0.4, 0.5) is 5.69 Å². The van der Waals surface area contributed by atoms with E-state index in [0.717, 1.165) is 47.6 Å². The third-order valence-corrected chi connectivity index (χ3v) is 2.97. The molecule has 1 aromatic heterocycles. The van der Waals surface area contributed by atoms with Crippen LogP contribution in [0.5, 0.6) is 5.75 Å². The summed E-state index contributed by atoms with van der Waals surface area (Å²) in [5.41, 5.74) is 2.96. The number of methoxy groups -OCH3 is 1. The SMILES string of the molecule is CCCOc1ccc2nc(COC)cc(NCC)c2c1. The van der Waals surface area contributed by atoms with Gasteiger partial charge in [-0.25, -0.2) is 0 Å². The molecular weight excluding hydrogens is 252 g/mol. The molecule has 2 rings (SSSR count). The average molecular weight is 274 g/mol. The van der Waals surface area contributed by atoms with E-state index < -0.39 is 0 Å². The lowest BCUT2D eigenvalue weighted by atomic mass is 10.1. The highest BCUT2D eigenvalue weighted by molar-refractivity contribution is 5.92. The Balaban J connectivity index is 2.43. The highest BCUT2D eigenvalue weighted by Gasteiger charge is 2.07. The Morgan fingerprint density at radius 1 is 1.20 bits per heavy atom. The molecule has 0 aliphatic rings. The first-order chi connectivity index (χ1) is 9.78. The lowest BCUT2D eigenvalue weighted by Crippen LogP contribution is -2.02. The minimum Gasteiger partial charge on any atom is -0.494 e. The smallest absolute Gasteiger partial charge is 0.120 e. The Bertz CT molecular complexity index is 570. The topological polar surface area (TPSA) is 43.4 Å². The van der Waals surface area contributed by atoms with Gasteiger partial charge in [0, 0.05) is 24.7 Å². The number of nitrogens with one attached hydrogen (secondary N) is 1. The fraction of sp³-hybridized carbons (Fsp3) is 0.438. The van der Waals surface area contributed by atoms with Crippen molar-refractivity contribution in [2.75, 3.05) is 25.6 Å². The molecule has 0 radical (unpaired) electrons. The molecule has 4 nitrogen and oxygen atoms in total. The molecule has 0 unspecified atom stereocenters. The number of fused-ring (bicyclic) bond motifs is 1. The van der Waals surface area contributed by atoms with Crippen LogP contribution in [0.3, 0.4) is 0 Å². The summed E-state index contributed by atoms with van der Waals surface area (Å²) in [7, 11) is 1.68. The van der Waals surface area contributed by atoms with E-state index in [1.807, 2.05) is 24.3 Å². The largest absolute Gasteiger partial charge is 0.494 e. The summed E-state index contributed by atoms with van der Waals surface area (Å²) in [6.45, 7) is 6.30. The number of benzene rings is 1. The number of hydrogen-bond donors (Lipinski definition) is 1. The summed E-state index contributed by atoms with van der Waals surface area (Å²) in [6, 6.07) is 8.06. The van der Waals surface area contributed by atoms with Gasteiger partial charge in [0.2, 0.25) is 0 Å². The van der Waals surface area contributed by atoms with E-state index in [1.54, 1.807) is 7.11 Å². The van der Waals surface area contributed by atoms with Crippen molar-refractivity contribution in [1.29, 1.82) is 0 Å². The van der Waals surface area contributed by atoms with Gasteiger partial charge in [-0.15, -0.1) is 0 Å². The molecule has 1 aromatic carbocycles. The van der Waals surface area contributed by atoms with Gasteiger partial charge in [-0.2, -0.15) is 0 Å². The molecule has 20 heavy (non-hydrogen) atoms. The molecule has 4 heteroatoms. The maximum atomic E-state index is 5.69. The first-order valence-corrected chi connectivity index (χ1v) is 7.07. The van der Waals surface area contributed by atoms with Crippen LogP contribution in [0.2, 0.25) is 0 Å². The van der Waals surface area contributed by atoms with Gasteiger partial charge in [-0.3, -0.25) is 4.98 Å². The van der Waals surface area contributed by atoms with Crippen LogP contribution in [0, 0.1) is 0 Å². The van der Waals surface area contributed by atoms with Crippen molar-refractivity contribution in [3.63, 3.8) is 0 Å². The van der Waals surface area contributed by atoms with E-state index in [4.69, 9.17) is 9.47 Å². The molecule has 0 saturated carbocycles. The first kappa shape index (κ1) is 14.6. The summed E-state index contributed by atoms with van der Waals surface area (Å²) in [5.74, 6) is 0.889. The third kappa shape index (κ3) is 3.39. The van der Waals surface area contributed by atoms with Crippen molar-refractivity contribution in [2.45, 2.75) is 26.9 Å². The quantitative estimate of drug-likeness (QED) is 0.837. The fourth-order valence-electron chi connectivity index (χ4n) is 2.13. The van der Waals surface area contributed by atoms with Gasteiger partial charge in [0.25, 0.3) is 0 Å². The molecule has 0 spiro atoms. The number of hydrogen-bond acceptors (Lipinski definition) is 4. The van der Waals surface area contributed by atoms with Crippen molar-refractivity contribution in [3.8, 4) is 5.75 Å².